The smallest absolute Gasteiger partial charge is 0.251 e. The third kappa shape index (κ3) is 4.45. The van der Waals surface area contributed by atoms with Gasteiger partial charge in [-0.25, -0.2) is 4.98 Å². The average Bonchev–Trinajstić information content (AvgIpc) is 2.89. The Balaban J connectivity index is 2.06. The van der Waals surface area contributed by atoms with E-state index in [1.54, 1.807) is 6.20 Å². The van der Waals surface area contributed by atoms with E-state index in [4.69, 9.17) is 11.6 Å². The quantitative estimate of drug-likeness (QED) is 0.834. The van der Waals surface area contributed by atoms with E-state index in [-0.39, 0.29) is 5.91 Å². The number of amides is 1. The molecule has 2 rings (SSSR count). The van der Waals surface area contributed by atoms with Gasteiger partial charge in [0.25, 0.3) is 5.91 Å². The molecule has 0 atom stereocenters. The van der Waals surface area contributed by atoms with Gasteiger partial charge in [-0.1, -0.05) is 31.5 Å². The predicted molar refractivity (Wildman–Crippen MR) is 92.8 cm³/mol. The van der Waals surface area contributed by atoms with Crippen LogP contribution in [0.15, 0.2) is 24.4 Å². The molecule has 0 aliphatic rings. The van der Waals surface area contributed by atoms with Crippen LogP contribution in [0.25, 0.3) is 0 Å². The number of benzene rings is 1. The monoisotopic (exact) mass is 337 g/mol. The highest BCUT2D eigenvalue weighted by Gasteiger charge is 2.12. The highest BCUT2D eigenvalue weighted by atomic mass is 35.5. The molecule has 0 saturated heterocycles. The van der Waals surface area contributed by atoms with Gasteiger partial charge >= 0.3 is 0 Å². The molecule has 118 valence electrons. The van der Waals surface area contributed by atoms with Crippen molar-refractivity contribution in [3.63, 3.8) is 0 Å². The van der Waals surface area contributed by atoms with E-state index < -0.39 is 0 Å². The fourth-order valence-corrected chi connectivity index (χ4v) is 2.93. The minimum absolute atomic E-state index is 0.0318. The fourth-order valence-electron chi connectivity index (χ4n) is 2.01. The zero-order chi connectivity index (χ0) is 16.1. The Morgan fingerprint density at radius 3 is 2.82 bits per heavy atom. The molecule has 0 bridgehead atoms. The van der Waals surface area contributed by atoms with E-state index in [0.29, 0.717) is 29.0 Å². The minimum atomic E-state index is -0.0318. The number of thiazole rings is 1. The number of carbonyl (C=O) groups excluding carboxylic acids is 1. The maximum Gasteiger partial charge on any atom is 0.251 e. The van der Waals surface area contributed by atoms with Gasteiger partial charge in [-0.05, 0) is 30.5 Å². The molecule has 22 heavy (non-hydrogen) atoms. The molecule has 1 heterocycles. The lowest BCUT2D eigenvalue weighted by Crippen LogP contribution is -2.28. The molecule has 0 saturated carbocycles. The van der Waals surface area contributed by atoms with Crippen molar-refractivity contribution in [2.24, 2.45) is 5.92 Å². The van der Waals surface area contributed by atoms with E-state index in [9.17, 15) is 4.79 Å². The Morgan fingerprint density at radius 1 is 1.41 bits per heavy atom. The van der Waals surface area contributed by atoms with Crippen LogP contribution in [-0.2, 0) is 6.54 Å². The van der Waals surface area contributed by atoms with E-state index in [1.807, 2.05) is 25.1 Å². The van der Waals surface area contributed by atoms with Crippen molar-refractivity contribution in [2.45, 2.75) is 27.3 Å². The van der Waals surface area contributed by atoms with Crippen LogP contribution in [0.3, 0.4) is 0 Å². The topological polar surface area (TPSA) is 54.0 Å². The molecule has 0 radical (unpaired) electrons. The summed E-state index contributed by atoms with van der Waals surface area (Å²) in [5.74, 6) is 0.400. The Labute approximate surface area is 139 Å². The van der Waals surface area contributed by atoms with Gasteiger partial charge in [0.2, 0.25) is 0 Å². The van der Waals surface area contributed by atoms with Crippen molar-refractivity contribution < 1.29 is 4.79 Å². The van der Waals surface area contributed by atoms with Crippen molar-refractivity contribution in [2.75, 3.05) is 11.9 Å². The zero-order valence-corrected chi connectivity index (χ0v) is 14.5. The molecule has 2 aromatic rings. The van der Waals surface area contributed by atoms with Crippen LogP contribution in [0.5, 0.6) is 0 Å². The van der Waals surface area contributed by atoms with Crippen LogP contribution in [0, 0.1) is 12.8 Å². The van der Waals surface area contributed by atoms with Gasteiger partial charge in [0.1, 0.15) is 0 Å². The summed E-state index contributed by atoms with van der Waals surface area (Å²) in [4.78, 5) is 17.3. The Morgan fingerprint density at radius 2 is 2.18 bits per heavy atom. The molecule has 4 nitrogen and oxygen atoms in total. The molecule has 0 spiro atoms. The largest absolute Gasteiger partial charge is 0.380 e. The van der Waals surface area contributed by atoms with Crippen molar-refractivity contribution in [3.05, 3.63) is 44.9 Å². The lowest BCUT2D eigenvalue weighted by molar-refractivity contribution is 0.0948. The molecule has 0 aliphatic heterocycles. The molecule has 1 aromatic heterocycles. The van der Waals surface area contributed by atoms with E-state index in [2.05, 4.69) is 29.5 Å². The Bertz CT molecular complexity index is 655. The maximum atomic E-state index is 12.2. The van der Waals surface area contributed by atoms with Gasteiger partial charge in [-0.15, -0.1) is 11.3 Å². The van der Waals surface area contributed by atoms with Gasteiger partial charge in [-0.3, -0.25) is 4.79 Å². The molecule has 0 aliphatic carbocycles. The first-order valence-electron chi connectivity index (χ1n) is 7.19. The number of carbonyl (C=O) groups is 1. The number of nitrogens with zero attached hydrogens (tertiary/aromatic N) is 1. The predicted octanol–water partition coefficient (Wildman–Crippen LogP) is 4.10. The second-order valence-corrected chi connectivity index (χ2v) is 7.21. The molecular formula is C16H20ClN3OS. The van der Waals surface area contributed by atoms with Crippen LogP contribution in [0.1, 0.15) is 34.6 Å². The van der Waals surface area contributed by atoms with Gasteiger partial charge in [-0.2, -0.15) is 0 Å². The molecule has 1 amide bonds. The third-order valence-corrected chi connectivity index (χ3v) is 4.34. The molecule has 0 fully saturated rings. The summed E-state index contributed by atoms with van der Waals surface area (Å²) in [5.41, 5.74) is 2.59. The number of anilines is 1. The van der Waals surface area contributed by atoms with Crippen molar-refractivity contribution in [1.82, 2.24) is 10.3 Å². The molecule has 2 N–H and O–H groups in total. The summed E-state index contributed by atoms with van der Waals surface area (Å²) >= 11 is 7.27. The summed E-state index contributed by atoms with van der Waals surface area (Å²) in [5, 5.41) is 6.29. The van der Waals surface area contributed by atoms with Gasteiger partial charge < -0.3 is 10.6 Å². The van der Waals surface area contributed by atoms with E-state index >= 15 is 0 Å². The number of nitrogens with one attached hydrogen (secondary N) is 2. The molecule has 0 unspecified atom stereocenters. The highest BCUT2D eigenvalue weighted by molar-refractivity contribution is 7.15. The normalized spacial score (nSPS) is 10.8. The van der Waals surface area contributed by atoms with Gasteiger partial charge in [0.05, 0.1) is 6.54 Å². The minimum Gasteiger partial charge on any atom is -0.380 e. The van der Waals surface area contributed by atoms with Crippen LogP contribution in [-0.4, -0.2) is 17.4 Å². The van der Waals surface area contributed by atoms with E-state index in [1.165, 1.54) is 11.3 Å². The number of hydrogen-bond donors (Lipinski definition) is 2. The summed E-state index contributed by atoms with van der Waals surface area (Å²) < 4.78 is 0.537. The zero-order valence-electron chi connectivity index (χ0n) is 12.9. The van der Waals surface area contributed by atoms with Crippen molar-refractivity contribution in [1.29, 1.82) is 0 Å². The van der Waals surface area contributed by atoms with Crippen molar-refractivity contribution in [3.8, 4) is 0 Å². The van der Waals surface area contributed by atoms with Crippen LogP contribution in [0.2, 0.25) is 4.47 Å². The SMILES string of the molecule is Cc1c(NCc2cnc(Cl)s2)cccc1C(=O)NCC(C)C. The second-order valence-electron chi connectivity index (χ2n) is 5.52. The summed E-state index contributed by atoms with van der Waals surface area (Å²) in [6.45, 7) is 7.42. The Kier molecular flexibility index (Phi) is 5.80. The van der Waals surface area contributed by atoms with Crippen LogP contribution >= 0.6 is 22.9 Å². The third-order valence-electron chi connectivity index (χ3n) is 3.23. The highest BCUT2D eigenvalue weighted by Crippen LogP contribution is 2.22. The fraction of sp³-hybridized carbons (Fsp3) is 0.375. The number of aromatic nitrogens is 1. The molecule has 1 aromatic carbocycles. The molecule has 6 heteroatoms. The first kappa shape index (κ1) is 16.8. The number of hydrogen-bond acceptors (Lipinski definition) is 4. The van der Waals surface area contributed by atoms with Crippen LogP contribution in [0.4, 0.5) is 5.69 Å². The summed E-state index contributed by atoms with van der Waals surface area (Å²) in [6.07, 6.45) is 1.76. The van der Waals surface area contributed by atoms with Gasteiger partial charge in [0, 0.05) is 28.9 Å². The van der Waals surface area contributed by atoms with Gasteiger partial charge in [0.15, 0.2) is 4.47 Å². The Hall–Kier alpha value is -1.59. The number of halogens is 1. The summed E-state index contributed by atoms with van der Waals surface area (Å²) in [6, 6.07) is 5.70. The second kappa shape index (κ2) is 7.61. The first-order valence-corrected chi connectivity index (χ1v) is 8.38. The first-order chi connectivity index (χ1) is 10.5. The summed E-state index contributed by atoms with van der Waals surface area (Å²) in [7, 11) is 0. The maximum absolute atomic E-state index is 12.2. The lowest BCUT2D eigenvalue weighted by atomic mass is 10.1. The lowest BCUT2D eigenvalue weighted by Gasteiger charge is -2.13. The number of rotatable bonds is 6. The molecular weight excluding hydrogens is 318 g/mol. The standard InChI is InChI=1S/C16H20ClN3OS/c1-10(2)7-19-15(21)13-5-4-6-14(11(13)3)18-8-12-9-20-16(17)22-12/h4-6,9-10,18H,7-8H2,1-3H3,(H,19,21). The average molecular weight is 338 g/mol. The van der Waals surface area contributed by atoms with E-state index in [0.717, 1.165) is 16.1 Å². The van der Waals surface area contributed by atoms with Crippen LogP contribution < -0.4 is 10.6 Å². The van der Waals surface area contributed by atoms with Crippen molar-refractivity contribution >= 4 is 34.5 Å².